The molecule has 3 aliphatic rings. The third-order valence-corrected chi connectivity index (χ3v) is 7.73. The molecule has 1 saturated heterocycles. The number of nitrogens with zero attached hydrogens (tertiary/aromatic N) is 5. The molecule has 3 aromatic rings. The van der Waals surface area contributed by atoms with E-state index in [0.29, 0.717) is 10.9 Å². The summed E-state index contributed by atoms with van der Waals surface area (Å²) in [7, 11) is 0. The highest BCUT2D eigenvalue weighted by molar-refractivity contribution is 6.30. The van der Waals surface area contributed by atoms with Crippen molar-refractivity contribution in [1.29, 1.82) is 0 Å². The molecule has 0 spiro atoms. The van der Waals surface area contributed by atoms with Crippen molar-refractivity contribution in [3.8, 4) is 17.1 Å². The van der Waals surface area contributed by atoms with Crippen LogP contribution in [0.3, 0.4) is 0 Å². The van der Waals surface area contributed by atoms with E-state index in [1.54, 1.807) is 0 Å². The summed E-state index contributed by atoms with van der Waals surface area (Å²) >= 11 is 6.26. The van der Waals surface area contributed by atoms with Crippen molar-refractivity contribution in [2.45, 2.75) is 39.7 Å². The molecule has 6 nitrogen and oxygen atoms in total. The fraction of sp³-hybridized carbons (Fsp3) is 0.303. The first-order valence-electron chi connectivity index (χ1n) is 14.1. The predicted octanol–water partition coefficient (Wildman–Crippen LogP) is 7.25. The molecule has 2 aromatic carbocycles. The molecular weight excluding hydrogens is 516 g/mol. The van der Waals surface area contributed by atoms with Crippen LogP contribution in [0.15, 0.2) is 84.0 Å². The van der Waals surface area contributed by atoms with Gasteiger partial charge in [-0.3, -0.25) is 9.98 Å². The van der Waals surface area contributed by atoms with Crippen LogP contribution in [0.2, 0.25) is 5.02 Å². The molecule has 0 atom stereocenters. The van der Waals surface area contributed by atoms with E-state index in [2.05, 4.69) is 82.1 Å². The summed E-state index contributed by atoms with van der Waals surface area (Å²) in [5.74, 6) is 0.679. The Labute approximate surface area is 240 Å². The van der Waals surface area contributed by atoms with Gasteiger partial charge in [-0.1, -0.05) is 37.6 Å². The monoisotopic (exact) mass is 550 g/mol. The zero-order valence-electron chi connectivity index (χ0n) is 23.3. The maximum absolute atomic E-state index is 6.26. The van der Waals surface area contributed by atoms with Gasteiger partial charge in [-0.15, -0.1) is 0 Å². The van der Waals surface area contributed by atoms with Gasteiger partial charge in [0.2, 0.25) is 0 Å². The van der Waals surface area contributed by atoms with Crippen LogP contribution in [-0.2, 0) is 0 Å². The zero-order chi connectivity index (χ0) is 27.6. The Morgan fingerprint density at radius 2 is 1.77 bits per heavy atom. The number of anilines is 2. The maximum Gasteiger partial charge on any atom is 0.0900 e. The lowest BCUT2D eigenvalue weighted by molar-refractivity contribution is 0.192. The van der Waals surface area contributed by atoms with Gasteiger partial charge in [0.15, 0.2) is 0 Å². The van der Waals surface area contributed by atoms with Crippen LogP contribution in [0.1, 0.15) is 32.4 Å². The summed E-state index contributed by atoms with van der Waals surface area (Å²) in [4.78, 5) is 17.5. The van der Waals surface area contributed by atoms with Crippen molar-refractivity contribution in [3.05, 3.63) is 95.1 Å². The summed E-state index contributed by atoms with van der Waals surface area (Å²) in [5.41, 5.74) is 7.74. The minimum absolute atomic E-state index is 0.273. The second kappa shape index (κ2) is 11.4. The molecule has 204 valence electrons. The number of benzene rings is 3. The Hall–Kier alpha value is -3.74. The number of para-hydroxylation sites is 2. The summed E-state index contributed by atoms with van der Waals surface area (Å²) in [6.45, 7) is 9.89. The minimum Gasteiger partial charge on any atom is -0.352 e. The molecule has 0 unspecified atom stereocenters. The first-order valence-corrected chi connectivity index (χ1v) is 14.5. The molecule has 1 fully saturated rings. The highest BCUT2D eigenvalue weighted by Gasteiger charge is 2.21. The number of likely N-dealkylation sites (tertiary alicyclic amines) is 1. The van der Waals surface area contributed by atoms with Crippen LogP contribution in [0.5, 0.6) is 0 Å². The van der Waals surface area contributed by atoms with E-state index < -0.39 is 0 Å². The first-order chi connectivity index (χ1) is 19.4. The normalized spacial score (nSPS) is 15.4. The number of pyridine rings is 1. The van der Waals surface area contributed by atoms with Crippen molar-refractivity contribution in [2.75, 3.05) is 25.0 Å². The quantitative estimate of drug-likeness (QED) is 0.226. The number of fused-ring (bicyclic) bond motifs is 2. The van der Waals surface area contributed by atoms with Gasteiger partial charge in [0.05, 0.1) is 51.4 Å². The number of piperidine rings is 1. The second-order valence-electron chi connectivity index (χ2n) is 11.1. The number of hydrogen-bond donors (Lipinski definition) is 1. The van der Waals surface area contributed by atoms with Gasteiger partial charge in [0, 0.05) is 36.0 Å². The van der Waals surface area contributed by atoms with Crippen LogP contribution < -0.4 is 10.7 Å². The van der Waals surface area contributed by atoms with Gasteiger partial charge in [-0.25, -0.2) is 4.98 Å². The molecule has 0 radical (unpaired) electrons. The predicted molar refractivity (Wildman–Crippen MR) is 165 cm³/mol. The molecule has 1 N–H and O–H groups in total. The van der Waals surface area contributed by atoms with Crippen molar-refractivity contribution < 1.29 is 0 Å². The lowest BCUT2D eigenvalue weighted by Crippen LogP contribution is -2.38. The summed E-state index contributed by atoms with van der Waals surface area (Å²) < 4.78 is 2.26. The van der Waals surface area contributed by atoms with Crippen LogP contribution in [0.25, 0.3) is 28.1 Å². The number of hydrogen-bond acceptors (Lipinski definition) is 5. The third kappa shape index (κ3) is 5.74. The molecular formula is C33H35ClN6. The highest BCUT2D eigenvalue weighted by atomic mass is 35.5. The topological polar surface area (TPSA) is 58.3 Å². The molecule has 7 heteroatoms. The molecule has 0 bridgehead atoms. The standard InChI is InChI=1S/C33H35ClN6/c1-22(2)21-39-16-14-25(15-17-39)36-30-19-33-31(18-29(30)37-26-11-8-23(3)35-20-26)38-28-6-4-5-7-32(28)40(33)27-12-9-24(34)10-13-27/h4-13,18-20,22,25,37H,14-17,21H2,1-3H3. The van der Waals surface area contributed by atoms with E-state index in [4.69, 9.17) is 21.6 Å². The second-order valence-corrected chi connectivity index (χ2v) is 11.6. The SMILES string of the molecule is Cc1ccc(Nc2cc3nc4ccccc4n(-c4ccc(Cl)cc4)c-3cc2=NC2CCN(CC(C)C)CC2)cn1. The van der Waals surface area contributed by atoms with E-state index >= 15 is 0 Å². The molecule has 0 saturated carbocycles. The first kappa shape index (κ1) is 26.5. The minimum atomic E-state index is 0.273. The average Bonchev–Trinajstić information content (AvgIpc) is 2.95. The molecule has 2 aliphatic heterocycles. The summed E-state index contributed by atoms with van der Waals surface area (Å²) in [6, 6.07) is 24.9. The van der Waals surface area contributed by atoms with E-state index in [-0.39, 0.29) is 6.04 Å². The van der Waals surface area contributed by atoms with Crippen LogP contribution >= 0.6 is 11.6 Å². The molecule has 40 heavy (non-hydrogen) atoms. The Balaban J connectivity index is 1.51. The number of nitrogens with one attached hydrogen (secondary N) is 1. The Bertz CT molecular complexity index is 1650. The van der Waals surface area contributed by atoms with Crippen LogP contribution in [0, 0.1) is 12.8 Å². The molecule has 6 rings (SSSR count). The van der Waals surface area contributed by atoms with Gasteiger partial charge >= 0.3 is 0 Å². The summed E-state index contributed by atoms with van der Waals surface area (Å²) in [6.07, 6.45) is 3.99. The Kier molecular flexibility index (Phi) is 7.55. The van der Waals surface area contributed by atoms with Gasteiger partial charge in [-0.05, 0) is 86.3 Å². The lowest BCUT2D eigenvalue weighted by atomic mass is 10.0. The van der Waals surface area contributed by atoms with Crippen molar-refractivity contribution in [3.63, 3.8) is 0 Å². The maximum atomic E-state index is 6.26. The fourth-order valence-corrected chi connectivity index (χ4v) is 5.68. The van der Waals surface area contributed by atoms with Crippen molar-refractivity contribution in [1.82, 2.24) is 19.4 Å². The number of halogens is 1. The van der Waals surface area contributed by atoms with E-state index in [1.807, 2.05) is 37.4 Å². The number of rotatable bonds is 6. The molecule has 3 heterocycles. The fourth-order valence-electron chi connectivity index (χ4n) is 5.56. The van der Waals surface area contributed by atoms with Crippen LogP contribution in [0.4, 0.5) is 11.4 Å². The number of aryl methyl sites for hydroxylation is 1. The van der Waals surface area contributed by atoms with Gasteiger partial charge in [0.25, 0.3) is 0 Å². The largest absolute Gasteiger partial charge is 0.352 e. The smallest absolute Gasteiger partial charge is 0.0900 e. The highest BCUT2D eigenvalue weighted by Crippen LogP contribution is 2.31. The van der Waals surface area contributed by atoms with E-state index in [9.17, 15) is 0 Å². The number of aromatic nitrogens is 3. The van der Waals surface area contributed by atoms with Gasteiger partial charge in [0.1, 0.15) is 0 Å². The van der Waals surface area contributed by atoms with Crippen molar-refractivity contribution in [2.24, 2.45) is 10.9 Å². The van der Waals surface area contributed by atoms with E-state index in [1.165, 1.54) is 0 Å². The summed E-state index contributed by atoms with van der Waals surface area (Å²) in [5, 5.41) is 5.25. The molecule has 1 aliphatic carbocycles. The van der Waals surface area contributed by atoms with Crippen molar-refractivity contribution >= 4 is 34.0 Å². The third-order valence-electron chi connectivity index (χ3n) is 7.47. The van der Waals surface area contributed by atoms with Crippen LogP contribution in [-0.4, -0.2) is 45.1 Å². The van der Waals surface area contributed by atoms with Gasteiger partial charge < -0.3 is 14.8 Å². The van der Waals surface area contributed by atoms with Gasteiger partial charge in [-0.2, -0.15) is 0 Å². The Morgan fingerprint density at radius 3 is 2.50 bits per heavy atom. The van der Waals surface area contributed by atoms with E-state index in [0.717, 1.165) is 83.0 Å². The zero-order valence-corrected chi connectivity index (χ0v) is 24.1. The molecule has 1 aromatic heterocycles. The lowest BCUT2D eigenvalue weighted by Gasteiger charge is -2.31. The average molecular weight is 551 g/mol. The Morgan fingerprint density at radius 1 is 1.00 bits per heavy atom. The molecule has 0 amide bonds.